The number of imidazole rings is 1. The van der Waals surface area contributed by atoms with E-state index < -0.39 is 65.7 Å². The van der Waals surface area contributed by atoms with E-state index in [9.17, 15) is 43.0 Å². The summed E-state index contributed by atoms with van der Waals surface area (Å²) in [5.74, 6) is -0.110. The Bertz CT molecular complexity index is 1960. The molecule has 0 spiro atoms. The van der Waals surface area contributed by atoms with Crippen molar-refractivity contribution in [3.8, 4) is 0 Å². The molecule has 276 valence electrons. The Labute approximate surface area is 280 Å². The van der Waals surface area contributed by atoms with E-state index in [-0.39, 0.29) is 25.1 Å². The number of hydrogen-bond donors (Lipinski definition) is 9. The van der Waals surface area contributed by atoms with E-state index in [1.54, 1.807) is 6.33 Å². The van der Waals surface area contributed by atoms with Crippen LogP contribution >= 0.6 is 23.5 Å². The number of carbonyl (C=O) groups is 1. The Morgan fingerprint density at radius 3 is 2.58 bits per heavy atom. The first-order valence-corrected chi connectivity index (χ1v) is 19.0. The lowest BCUT2D eigenvalue weighted by atomic mass is 10.2. The topological polar surface area (TPSA) is 355 Å². The first-order valence-electron chi connectivity index (χ1n) is 14.5. The zero-order chi connectivity index (χ0) is 36.7. The van der Waals surface area contributed by atoms with E-state index in [0.717, 1.165) is 35.8 Å². The number of hydrogen-bond acceptors (Lipinski definition) is 16. The number of carbonyl (C=O) groups excluding carboxylic acids is 1. The maximum Gasteiger partial charge on any atom is 0.490 e. The van der Waals surface area contributed by atoms with Crippen molar-refractivity contribution in [2.24, 2.45) is 5.73 Å². The molecule has 1 amide bonds. The first kappa shape index (κ1) is 39.3. The van der Waals surface area contributed by atoms with Crippen LogP contribution in [0.5, 0.6) is 0 Å². The number of aryl methyl sites for hydroxylation is 1. The van der Waals surface area contributed by atoms with Crippen LogP contribution in [0.15, 0.2) is 34.5 Å². The number of aromatic nitrogens is 6. The molecule has 1 aliphatic rings. The van der Waals surface area contributed by atoms with Crippen molar-refractivity contribution < 1.29 is 61.1 Å². The molecule has 4 heterocycles. The molecule has 3 aromatic heterocycles. The van der Waals surface area contributed by atoms with Crippen molar-refractivity contribution in [1.82, 2.24) is 34.4 Å². The summed E-state index contributed by atoms with van der Waals surface area (Å²) in [6.45, 7) is 0.729. The van der Waals surface area contributed by atoms with Gasteiger partial charge in [0.05, 0.1) is 24.6 Å². The summed E-state index contributed by atoms with van der Waals surface area (Å²) in [6, 6.07) is 0. The molecule has 0 radical (unpaired) electrons. The van der Waals surface area contributed by atoms with Gasteiger partial charge in [-0.2, -0.15) is 8.62 Å². The molecule has 0 bridgehead atoms. The number of nitrogens with two attached hydrogens (primary N) is 1. The maximum atomic E-state index is 12.5. The normalized spacial score (nSPS) is 20.6. The zero-order valence-corrected chi connectivity index (χ0v) is 28.4. The van der Waals surface area contributed by atoms with Crippen LogP contribution in [-0.4, -0.2) is 98.1 Å². The molecule has 24 nitrogen and oxygen atoms in total. The van der Waals surface area contributed by atoms with Gasteiger partial charge >= 0.3 is 29.2 Å². The van der Waals surface area contributed by atoms with Gasteiger partial charge in [-0.1, -0.05) is 0 Å². The SMILES string of the molecule is NCCCCn1cnc2c(NCCNC(=O)/C=C/c3cn(C4CC(O)C(COP(=O)(O)OP(=O)(O)OP(=O)(O)O)O4)c(=O)[nH]c3=O)ncnc21. The summed E-state index contributed by atoms with van der Waals surface area (Å²) in [5, 5.41) is 16.0. The minimum Gasteiger partial charge on any atom is -0.390 e. The third-order valence-electron chi connectivity index (χ3n) is 6.71. The number of ether oxygens (including phenoxy) is 1. The molecule has 0 aliphatic carbocycles. The van der Waals surface area contributed by atoms with Gasteiger partial charge in [-0.15, -0.1) is 0 Å². The Hall–Kier alpha value is -3.47. The van der Waals surface area contributed by atoms with Crippen molar-refractivity contribution in [2.45, 2.75) is 44.2 Å². The van der Waals surface area contributed by atoms with Crippen molar-refractivity contribution in [3.05, 3.63) is 51.3 Å². The van der Waals surface area contributed by atoms with Crippen LogP contribution in [-0.2, 0) is 42.9 Å². The zero-order valence-electron chi connectivity index (χ0n) is 25.7. The Kier molecular flexibility index (Phi) is 13.1. The van der Waals surface area contributed by atoms with Gasteiger partial charge in [-0.25, -0.2) is 33.4 Å². The van der Waals surface area contributed by atoms with Gasteiger partial charge in [-0.3, -0.25) is 23.7 Å². The van der Waals surface area contributed by atoms with Gasteiger partial charge in [-0.05, 0) is 25.5 Å². The highest BCUT2D eigenvalue weighted by Crippen LogP contribution is 2.66. The summed E-state index contributed by atoms with van der Waals surface area (Å²) in [6.07, 6.45) is 3.55. The van der Waals surface area contributed by atoms with Crippen molar-refractivity contribution in [1.29, 1.82) is 0 Å². The van der Waals surface area contributed by atoms with Crippen LogP contribution in [0.4, 0.5) is 5.82 Å². The van der Waals surface area contributed by atoms with E-state index in [1.165, 1.54) is 6.33 Å². The quantitative estimate of drug-likeness (QED) is 0.0410. The number of unbranched alkanes of at least 4 members (excludes halogenated alkanes) is 1. The predicted molar refractivity (Wildman–Crippen MR) is 170 cm³/mol. The van der Waals surface area contributed by atoms with E-state index >= 15 is 0 Å². The van der Waals surface area contributed by atoms with Crippen LogP contribution < -0.4 is 27.6 Å². The van der Waals surface area contributed by atoms with Crippen LogP contribution in [0, 0.1) is 0 Å². The largest absolute Gasteiger partial charge is 0.490 e. The first-order chi connectivity index (χ1) is 23.5. The third-order valence-corrected chi connectivity index (χ3v) is 10.5. The smallest absolute Gasteiger partial charge is 0.390 e. The molecule has 0 aromatic carbocycles. The summed E-state index contributed by atoms with van der Waals surface area (Å²) < 4.78 is 54.2. The van der Waals surface area contributed by atoms with Crippen LogP contribution in [0.3, 0.4) is 0 Å². The van der Waals surface area contributed by atoms with Gasteiger partial charge in [0.1, 0.15) is 24.2 Å². The number of fused-ring (bicyclic) bond motifs is 1. The fraction of sp³-hybridized carbons (Fsp3) is 0.478. The molecule has 0 saturated carbocycles. The molecule has 5 atom stereocenters. The van der Waals surface area contributed by atoms with E-state index in [2.05, 4.69) is 38.7 Å². The average Bonchev–Trinajstić information content (AvgIpc) is 3.59. The van der Waals surface area contributed by atoms with Gasteiger partial charge in [0.15, 0.2) is 11.5 Å². The minimum absolute atomic E-state index is 0.150. The second-order valence-electron chi connectivity index (χ2n) is 10.4. The van der Waals surface area contributed by atoms with Gasteiger partial charge in [0, 0.05) is 38.3 Å². The monoisotopic (exact) mass is 769 g/mol. The number of phosphoric ester groups is 1. The number of H-pyrrole nitrogens is 1. The lowest BCUT2D eigenvalue weighted by Gasteiger charge is -2.19. The summed E-state index contributed by atoms with van der Waals surface area (Å²) in [7, 11) is -16.9. The maximum absolute atomic E-state index is 12.5. The summed E-state index contributed by atoms with van der Waals surface area (Å²) in [5.41, 5.74) is 4.79. The molecule has 3 aromatic rings. The molecule has 1 aliphatic heterocycles. The second-order valence-corrected chi connectivity index (χ2v) is 14.9. The number of aromatic amines is 1. The van der Waals surface area contributed by atoms with Crippen molar-refractivity contribution in [2.75, 3.05) is 31.6 Å². The Balaban J connectivity index is 1.30. The standard InChI is InChI=1S/C23H34N9O15P3/c24-5-1-2-8-31-13-29-19-20(27-12-28-21(19)31)26-7-6-25-17(34)4-3-14-10-32(23(36)30-22(14)35)18-9-15(33)16(45-18)11-44-49(40,41)47-50(42,43)46-48(37,38)39/h3-4,10,12-13,15-16,18,33H,1-2,5-9,11,24H2,(H,25,34)(H,40,41)(H,42,43)(H,26,27,28)(H,30,35,36)(H2,37,38,39)/b4-3+. The summed E-state index contributed by atoms with van der Waals surface area (Å²) >= 11 is 0. The fourth-order valence-electron chi connectivity index (χ4n) is 4.53. The number of nitrogens with zero attached hydrogens (tertiary/aromatic N) is 5. The molecule has 27 heteroatoms. The number of aliphatic hydroxyl groups is 1. The Morgan fingerprint density at radius 1 is 1.10 bits per heavy atom. The van der Waals surface area contributed by atoms with Crippen LogP contribution in [0.1, 0.15) is 31.1 Å². The van der Waals surface area contributed by atoms with Crippen molar-refractivity contribution >= 4 is 52.4 Å². The number of nitrogens with one attached hydrogen (secondary N) is 3. The Morgan fingerprint density at radius 2 is 1.86 bits per heavy atom. The molecule has 4 rings (SSSR count). The molecule has 1 fully saturated rings. The number of rotatable bonds is 18. The van der Waals surface area contributed by atoms with Gasteiger partial charge in [0.25, 0.3) is 5.56 Å². The van der Waals surface area contributed by atoms with Crippen LogP contribution in [0.2, 0.25) is 0 Å². The number of phosphoric acid groups is 3. The molecule has 10 N–H and O–H groups in total. The van der Waals surface area contributed by atoms with Crippen molar-refractivity contribution in [3.63, 3.8) is 0 Å². The number of aliphatic hydroxyl groups excluding tert-OH is 1. The number of amides is 1. The highest BCUT2D eigenvalue weighted by molar-refractivity contribution is 7.66. The fourth-order valence-corrected chi connectivity index (χ4v) is 7.56. The molecule has 1 saturated heterocycles. The van der Waals surface area contributed by atoms with Gasteiger partial charge in [0.2, 0.25) is 5.91 Å². The number of anilines is 1. The lowest BCUT2D eigenvalue weighted by molar-refractivity contribution is -0.116. The molecular weight excluding hydrogens is 735 g/mol. The minimum atomic E-state index is -5.77. The lowest BCUT2D eigenvalue weighted by Crippen LogP contribution is -2.33. The van der Waals surface area contributed by atoms with Gasteiger partial charge < -0.3 is 50.4 Å². The van der Waals surface area contributed by atoms with E-state index in [4.69, 9.17) is 20.3 Å². The highest BCUT2D eigenvalue weighted by atomic mass is 31.3. The predicted octanol–water partition coefficient (Wildman–Crippen LogP) is -1.35. The van der Waals surface area contributed by atoms with E-state index in [1.807, 2.05) is 9.55 Å². The highest BCUT2D eigenvalue weighted by Gasteiger charge is 2.43. The molecular formula is C23H34N9O15P3. The van der Waals surface area contributed by atoms with Crippen LogP contribution in [0.25, 0.3) is 17.2 Å². The molecule has 50 heavy (non-hydrogen) atoms. The summed E-state index contributed by atoms with van der Waals surface area (Å²) in [4.78, 5) is 88.3. The third kappa shape index (κ3) is 11.3. The van der Waals surface area contributed by atoms with E-state index in [0.29, 0.717) is 30.1 Å². The molecule has 5 unspecified atom stereocenters. The average molecular weight is 769 g/mol. The second kappa shape index (κ2) is 16.7.